The monoisotopic (exact) mass is 818 g/mol. The summed E-state index contributed by atoms with van der Waals surface area (Å²) < 4.78 is 85.0. The summed E-state index contributed by atoms with van der Waals surface area (Å²) in [7, 11) is -5.57. The molecule has 11 nitrogen and oxygen atoms in total. The zero-order chi connectivity index (χ0) is 39.1. The molecule has 1 N–H and O–H groups in total. The second-order valence-electron chi connectivity index (χ2n) is 16.9. The minimum atomic E-state index is -4.05. The number of halogens is 2. The van der Waals surface area contributed by atoms with E-state index in [0.29, 0.717) is 82.3 Å². The zero-order valence-electron chi connectivity index (χ0n) is 32.0. The maximum absolute atomic E-state index is 15.6. The summed E-state index contributed by atoms with van der Waals surface area (Å²) in [5.74, 6) is -0.466. The molecule has 55 heavy (non-hydrogen) atoms. The Hall–Kier alpha value is -2.75. The van der Waals surface area contributed by atoms with Crippen molar-refractivity contribution in [2.24, 2.45) is 23.7 Å². The van der Waals surface area contributed by atoms with Crippen molar-refractivity contribution in [2.75, 3.05) is 70.7 Å². The Morgan fingerprint density at radius 2 is 1.85 bits per heavy atom. The van der Waals surface area contributed by atoms with Gasteiger partial charge in [-0.3, -0.25) is 9.69 Å². The summed E-state index contributed by atoms with van der Waals surface area (Å²) in [6.45, 7) is 7.61. The molecule has 2 aromatic rings. The summed E-state index contributed by atoms with van der Waals surface area (Å²) in [6, 6.07) is 8.66. The fraction of sp³-hybridized carbons (Fsp3) is 0.625. The third-order valence-electron chi connectivity index (χ3n) is 14.1. The molecule has 1 saturated carbocycles. The van der Waals surface area contributed by atoms with Crippen molar-refractivity contribution in [3.63, 3.8) is 0 Å². The summed E-state index contributed by atoms with van der Waals surface area (Å²) in [5, 5.41) is -0.739. The topological polar surface area (TPSA) is 126 Å². The van der Waals surface area contributed by atoms with Crippen LogP contribution in [0.5, 0.6) is 5.75 Å². The van der Waals surface area contributed by atoms with E-state index in [0.717, 1.165) is 36.8 Å². The van der Waals surface area contributed by atoms with Crippen LogP contribution in [0.3, 0.4) is 0 Å². The van der Waals surface area contributed by atoms with Crippen LogP contribution in [0.15, 0.2) is 42.0 Å². The first kappa shape index (κ1) is 39.1. The molecule has 2 aromatic carbocycles. The number of nitrogens with zero attached hydrogens (tertiary/aromatic N) is 3. The predicted octanol–water partition coefficient (Wildman–Crippen LogP) is 4.98. The SMILES string of the molecule is CO[C@@]1(CN2CCN(S(C)(=O)=O)CC2)C2=C[C@@H](C2)[C@H](C)[C@@H](C)S(=O)(=O)NC(=O)c2ccc3c(c2)N(C[C@@H]2CC[C@H]21)C[C@@]1(CCCc2c1ccc(Cl)c2F)CO3. The van der Waals surface area contributed by atoms with Crippen molar-refractivity contribution in [3.05, 3.63) is 69.5 Å². The molecule has 4 aliphatic heterocycles. The number of amides is 1. The van der Waals surface area contributed by atoms with Crippen LogP contribution in [0.25, 0.3) is 0 Å². The van der Waals surface area contributed by atoms with Crippen molar-refractivity contribution in [3.8, 4) is 5.75 Å². The minimum Gasteiger partial charge on any atom is -0.490 e. The van der Waals surface area contributed by atoms with Crippen molar-refractivity contribution in [1.29, 1.82) is 0 Å². The molecule has 1 saturated heterocycles. The fourth-order valence-corrected chi connectivity index (χ4v) is 12.7. The molecule has 7 atom stereocenters. The number of piperazine rings is 1. The standard InChI is InChI=1S/C40H52ClFN4O7S2/c1-25-26(2)55(50,51)43-38(47)27-8-12-36-35(20-27)45(22-39(24-53-36)13-5-6-31-33(39)10-11-34(41)37(31)42)21-28-7-9-32(28)40(52-3,30-18-29(25)19-30)23-44-14-16-46(17-15-44)54(4,48)49/h8,10-12,18,20,25-26,28-29,32H,5-7,9,13-17,19,21-24H2,1-4H3,(H,43,47)/t25-,26-,28+,29+,32-,39+,40+/m1/s1. The number of rotatable bonds is 4. The number of nitrogens with one attached hydrogen (secondary N) is 1. The van der Waals surface area contributed by atoms with E-state index in [9.17, 15) is 21.6 Å². The number of fused-ring (bicyclic) bond motifs is 6. The predicted molar refractivity (Wildman–Crippen MR) is 210 cm³/mol. The van der Waals surface area contributed by atoms with Crippen molar-refractivity contribution >= 4 is 43.2 Å². The van der Waals surface area contributed by atoms with Gasteiger partial charge >= 0.3 is 0 Å². The number of hydrogen-bond acceptors (Lipinski definition) is 9. The van der Waals surface area contributed by atoms with Gasteiger partial charge in [0, 0.05) is 63.9 Å². The van der Waals surface area contributed by atoms with E-state index in [1.165, 1.54) is 10.6 Å². The van der Waals surface area contributed by atoms with Crippen LogP contribution in [-0.4, -0.2) is 109 Å². The van der Waals surface area contributed by atoms with E-state index in [2.05, 4.69) is 20.6 Å². The molecule has 0 aromatic heterocycles. The van der Waals surface area contributed by atoms with E-state index >= 15 is 4.39 Å². The van der Waals surface area contributed by atoms with E-state index in [-0.39, 0.29) is 40.1 Å². The summed E-state index contributed by atoms with van der Waals surface area (Å²) in [5.41, 5.74) is 2.36. The lowest BCUT2D eigenvalue weighted by molar-refractivity contribution is -0.107. The maximum Gasteiger partial charge on any atom is 0.264 e. The van der Waals surface area contributed by atoms with Gasteiger partial charge in [0.25, 0.3) is 5.91 Å². The van der Waals surface area contributed by atoms with Crippen LogP contribution in [0, 0.1) is 29.5 Å². The lowest BCUT2D eigenvalue weighted by atomic mass is 9.58. The summed E-state index contributed by atoms with van der Waals surface area (Å²) in [4.78, 5) is 18.3. The average Bonchev–Trinajstić information content (AvgIpc) is 3.26. The quantitative estimate of drug-likeness (QED) is 0.426. The van der Waals surface area contributed by atoms with Gasteiger partial charge in [-0.15, -0.1) is 0 Å². The molecule has 1 amide bonds. The van der Waals surface area contributed by atoms with Crippen molar-refractivity contribution in [1.82, 2.24) is 13.9 Å². The fourth-order valence-electron chi connectivity index (χ4n) is 10.4. The molecule has 9 rings (SSSR count). The largest absolute Gasteiger partial charge is 0.490 e. The van der Waals surface area contributed by atoms with Gasteiger partial charge in [-0.05, 0) is 110 Å². The molecule has 4 bridgehead atoms. The van der Waals surface area contributed by atoms with Crippen molar-refractivity contribution < 1.29 is 35.5 Å². The summed E-state index contributed by atoms with van der Waals surface area (Å²) >= 11 is 6.29. The van der Waals surface area contributed by atoms with Crippen LogP contribution in [0.1, 0.15) is 67.4 Å². The highest BCUT2D eigenvalue weighted by Crippen LogP contribution is 2.54. The molecule has 7 aliphatic rings. The molecule has 1 spiro atoms. The highest BCUT2D eigenvalue weighted by atomic mass is 35.5. The number of ether oxygens (including phenoxy) is 2. The Balaban J connectivity index is 1.21. The van der Waals surface area contributed by atoms with Crippen LogP contribution in [-0.2, 0) is 36.6 Å². The molecule has 3 aliphatic carbocycles. The van der Waals surface area contributed by atoms with Crippen LogP contribution in [0.2, 0.25) is 5.02 Å². The molecule has 0 unspecified atom stereocenters. The molecule has 4 heterocycles. The number of hydrogen-bond donors (Lipinski definition) is 1. The van der Waals surface area contributed by atoms with Crippen LogP contribution in [0.4, 0.5) is 10.1 Å². The molecule has 300 valence electrons. The second-order valence-corrected chi connectivity index (χ2v) is 21.4. The van der Waals surface area contributed by atoms with Crippen LogP contribution < -0.4 is 14.4 Å². The lowest BCUT2D eigenvalue weighted by Crippen LogP contribution is -2.62. The number of carbonyl (C=O) groups excluding carboxylic acids is 1. The van der Waals surface area contributed by atoms with Gasteiger partial charge in [0.15, 0.2) is 0 Å². The first-order valence-corrected chi connectivity index (χ1v) is 23.3. The number of methoxy groups -OCH3 is 1. The Bertz CT molecular complexity index is 2130. The van der Waals surface area contributed by atoms with Gasteiger partial charge in [0.2, 0.25) is 20.0 Å². The Morgan fingerprint density at radius 1 is 1.11 bits per heavy atom. The average molecular weight is 819 g/mol. The van der Waals surface area contributed by atoms with E-state index < -0.39 is 42.2 Å². The van der Waals surface area contributed by atoms with Crippen molar-refractivity contribution in [2.45, 2.75) is 68.6 Å². The third-order valence-corrected chi connectivity index (χ3v) is 17.5. The molecular weight excluding hydrogens is 767 g/mol. The molecule has 2 fully saturated rings. The highest BCUT2D eigenvalue weighted by Gasteiger charge is 2.55. The van der Waals surface area contributed by atoms with Gasteiger partial charge < -0.3 is 14.4 Å². The van der Waals surface area contributed by atoms with Crippen LogP contribution >= 0.6 is 11.6 Å². The Labute approximate surface area is 329 Å². The normalized spacial score (nSPS) is 33.9. The van der Waals surface area contributed by atoms with Gasteiger partial charge in [-0.25, -0.2) is 25.9 Å². The number of carbonyl (C=O) groups is 1. The molecule has 0 radical (unpaired) electrons. The van der Waals surface area contributed by atoms with Gasteiger partial charge in [0.1, 0.15) is 17.2 Å². The van der Waals surface area contributed by atoms with Gasteiger partial charge in [-0.2, -0.15) is 4.31 Å². The lowest BCUT2D eigenvalue weighted by Gasteiger charge is -2.56. The molecular formula is C40H52ClFN4O7S2. The number of allylic oxidation sites excluding steroid dienone is 1. The Morgan fingerprint density at radius 3 is 2.53 bits per heavy atom. The third kappa shape index (κ3) is 6.80. The van der Waals surface area contributed by atoms with Gasteiger partial charge in [0.05, 0.1) is 28.8 Å². The maximum atomic E-state index is 15.6. The number of sulfonamides is 2. The number of anilines is 1. The van der Waals surface area contributed by atoms with Gasteiger partial charge in [-0.1, -0.05) is 30.7 Å². The summed E-state index contributed by atoms with van der Waals surface area (Å²) in [6.07, 6.45) is 8.14. The van der Waals surface area contributed by atoms with E-state index in [1.807, 2.05) is 13.0 Å². The Kier molecular flexibility index (Phi) is 10.1. The smallest absolute Gasteiger partial charge is 0.264 e. The first-order valence-electron chi connectivity index (χ1n) is 19.5. The number of benzene rings is 2. The first-order chi connectivity index (χ1) is 26.0. The highest BCUT2D eigenvalue weighted by molar-refractivity contribution is 7.90. The minimum absolute atomic E-state index is 0.0199. The second kappa shape index (κ2) is 14.3. The van der Waals surface area contributed by atoms with E-state index in [1.54, 1.807) is 38.3 Å². The van der Waals surface area contributed by atoms with E-state index in [4.69, 9.17) is 21.1 Å². The molecule has 15 heteroatoms. The zero-order valence-corrected chi connectivity index (χ0v) is 34.4.